The van der Waals surface area contributed by atoms with Gasteiger partial charge in [-0.3, -0.25) is 9.78 Å². The van der Waals surface area contributed by atoms with Gasteiger partial charge in [0.1, 0.15) is 5.75 Å². The number of aromatic nitrogens is 1. The molecule has 3 rings (SSSR count). The van der Waals surface area contributed by atoms with Crippen LogP contribution in [0.2, 0.25) is 0 Å². The number of benzene rings is 2. The Morgan fingerprint density at radius 2 is 1.59 bits per heavy atom. The van der Waals surface area contributed by atoms with E-state index in [-0.39, 0.29) is 29.6 Å². The molecule has 34 heavy (non-hydrogen) atoms. The molecule has 0 aliphatic carbocycles. The second-order valence-electron chi connectivity index (χ2n) is 7.77. The lowest BCUT2D eigenvalue weighted by Gasteiger charge is -2.17. The van der Waals surface area contributed by atoms with Crippen LogP contribution < -0.4 is 14.8 Å². The van der Waals surface area contributed by atoms with E-state index in [1.807, 2.05) is 20.8 Å². The topological polar surface area (TPSA) is 69.7 Å². The van der Waals surface area contributed by atoms with Gasteiger partial charge in [-0.1, -0.05) is 12.1 Å². The number of carbonyl (C=O) groups excluding carboxylic acids is 1. The largest absolute Gasteiger partial charge is 0.573 e. The van der Waals surface area contributed by atoms with Crippen molar-refractivity contribution in [3.63, 3.8) is 0 Å². The number of aryl methyl sites for hydroxylation is 1. The van der Waals surface area contributed by atoms with Crippen molar-refractivity contribution in [1.82, 2.24) is 4.98 Å². The average Bonchev–Trinajstić information content (AvgIpc) is 2.75. The third kappa shape index (κ3) is 6.95. The van der Waals surface area contributed by atoms with Crippen LogP contribution in [0.15, 0.2) is 60.7 Å². The van der Waals surface area contributed by atoms with Crippen LogP contribution >= 0.6 is 0 Å². The van der Waals surface area contributed by atoms with E-state index in [0.717, 1.165) is 11.8 Å². The van der Waals surface area contributed by atoms with Gasteiger partial charge in [0.05, 0.1) is 29.2 Å². The first-order valence-corrected chi connectivity index (χ1v) is 10.6. The number of rotatable bonds is 8. The number of pyridine rings is 1. The van der Waals surface area contributed by atoms with Crippen LogP contribution in [0, 0.1) is 6.92 Å². The summed E-state index contributed by atoms with van der Waals surface area (Å²) < 4.78 is 53.0. The fourth-order valence-corrected chi connectivity index (χ4v) is 3.20. The van der Waals surface area contributed by atoms with Gasteiger partial charge < -0.3 is 19.5 Å². The lowest BCUT2D eigenvalue weighted by Crippen LogP contribution is -2.17. The van der Waals surface area contributed by atoms with E-state index < -0.39 is 12.1 Å². The third-order valence-electron chi connectivity index (χ3n) is 4.66. The molecule has 0 radical (unpaired) electrons. The fourth-order valence-electron chi connectivity index (χ4n) is 3.20. The highest BCUT2D eigenvalue weighted by Gasteiger charge is 2.32. The van der Waals surface area contributed by atoms with Gasteiger partial charge in [-0.25, -0.2) is 0 Å². The highest BCUT2D eigenvalue weighted by atomic mass is 19.4. The Morgan fingerprint density at radius 1 is 0.941 bits per heavy atom. The van der Waals surface area contributed by atoms with Crippen LogP contribution in [0.25, 0.3) is 0 Å². The second kappa shape index (κ2) is 10.6. The van der Waals surface area contributed by atoms with Gasteiger partial charge in [0.2, 0.25) is 0 Å². The standard InChI is InChI=1S/C25H25F3N2O4/c1-15(2)32-17(4)21-14-13-20(16(3)29-21)24(31)30-18-9-11-19(12-10-18)33-22-7-5-6-8-23(22)34-25(26,27)28/h5-15,17H,1-4H3,(H,30,31). The Kier molecular flexibility index (Phi) is 7.78. The number of ether oxygens (including phenoxy) is 3. The molecule has 0 spiro atoms. The minimum absolute atomic E-state index is 0.0534. The van der Waals surface area contributed by atoms with E-state index >= 15 is 0 Å². The summed E-state index contributed by atoms with van der Waals surface area (Å²) in [6.45, 7) is 7.53. The van der Waals surface area contributed by atoms with Crippen molar-refractivity contribution in [2.45, 2.75) is 46.3 Å². The van der Waals surface area contributed by atoms with Crippen LogP contribution in [-0.2, 0) is 4.74 Å². The smallest absolute Gasteiger partial charge is 0.453 e. The third-order valence-corrected chi connectivity index (χ3v) is 4.66. The number of alkyl halides is 3. The first-order chi connectivity index (χ1) is 16.0. The van der Waals surface area contributed by atoms with E-state index in [4.69, 9.17) is 9.47 Å². The van der Waals surface area contributed by atoms with E-state index in [2.05, 4.69) is 15.0 Å². The second-order valence-corrected chi connectivity index (χ2v) is 7.77. The molecule has 9 heteroatoms. The fraction of sp³-hybridized carbons (Fsp3) is 0.280. The predicted molar refractivity (Wildman–Crippen MR) is 121 cm³/mol. The number of carbonyl (C=O) groups is 1. The average molecular weight is 474 g/mol. The van der Waals surface area contributed by atoms with Crippen LogP contribution in [0.5, 0.6) is 17.2 Å². The van der Waals surface area contributed by atoms with Crippen LogP contribution in [0.1, 0.15) is 48.6 Å². The maximum Gasteiger partial charge on any atom is 0.573 e. The summed E-state index contributed by atoms with van der Waals surface area (Å²) >= 11 is 0. The molecule has 1 N–H and O–H groups in total. The monoisotopic (exact) mass is 474 g/mol. The highest BCUT2D eigenvalue weighted by molar-refractivity contribution is 6.05. The number of amides is 1. The van der Waals surface area contributed by atoms with Gasteiger partial charge in [0.15, 0.2) is 11.5 Å². The van der Waals surface area contributed by atoms with Crippen molar-refractivity contribution < 1.29 is 32.2 Å². The number of anilines is 1. The molecule has 6 nitrogen and oxygen atoms in total. The lowest BCUT2D eigenvalue weighted by molar-refractivity contribution is -0.275. The molecule has 0 aliphatic rings. The maximum absolute atomic E-state index is 12.7. The zero-order valence-corrected chi connectivity index (χ0v) is 19.1. The molecule has 1 aromatic heterocycles. The number of hydrogen-bond acceptors (Lipinski definition) is 5. The zero-order chi connectivity index (χ0) is 24.9. The van der Waals surface area contributed by atoms with E-state index in [1.54, 1.807) is 31.2 Å². The summed E-state index contributed by atoms with van der Waals surface area (Å²) in [6.07, 6.45) is -4.98. The summed E-state index contributed by atoms with van der Waals surface area (Å²) in [5.74, 6) is -0.606. The Morgan fingerprint density at radius 3 is 2.18 bits per heavy atom. The molecule has 0 aliphatic heterocycles. The van der Waals surface area contributed by atoms with Gasteiger partial charge in [-0.2, -0.15) is 0 Å². The summed E-state index contributed by atoms with van der Waals surface area (Å²) in [4.78, 5) is 17.2. The van der Waals surface area contributed by atoms with Crippen molar-refractivity contribution in [1.29, 1.82) is 0 Å². The van der Waals surface area contributed by atoms with Crippen molar-refractivity contribution in [3.05, 3.63) is 77.6 Å². The normalized spacial score (nSPS) is 12.4. The Balaban J connectivity index is 1.67. The van der Waals surface area contributed by atoms with Gasteiger partial charge >= 0.3 is 6.36 Å². The first-order valence-electron chi connectivity index (χ1n) is 10.6. The molecule has 3 aromatic rings. The molecule has 1 unspecified atom stereocenters. The lowest BCUT2D eigenvalue weighted by atomic mass is 10.1. The summed E-state index contributed by atoms with van der Waals surface area (Å²) in [5, 5.41) is 2.77. The highest BCUT2D eigenvalue weighted by Crippen LogP contribution is 2.35. The predicted octanol–water partition coefficient (Wildman–Crippen LogP) is 6.82. The van der Waals surface area contributed by atoms with Gasteiger partial charge in [0, 0.05) is 5.69 Å². The van der Waals surface area contributed by atoms with E-state index in [1.165, 1.54) is 30.3 Å². The molecule has 0 bridgehead atoms. The quantitative estimate of drug-likeness (QED) is 0.388. The molecular weight excluding hydrogens is 449 g/mol. The number of nitrogens with zero attached hydrogens (tertiary/aromatic N) is 1. The molecule has 0 fully saturated rings. The SMILES string of the molecule is Cc1nc(C(C)OC(C)C)ccc1C(=O)Nc1ccc(Oc2ccccc2OC(F)(F)F)cc1. The van der Waals surface area contributed by atoms with Crippen LogP contribution in [0.4, 0.5) is 18.9 Å². The van der Waals surface area contributed by atoms with E-state index in [0.29, 0.717) is 16.9 Å². The van der Waals surface area contributed by atoms with Gasteiger partial charge in [-0.05, 0) is 76.2 Å². The van der Waals surface area contributed by atoms with Crippen molar-refractivity contribution >= 4 is 11.6 Å². The molecule has 0 saturated heterocycles. The Bertz CT molecular complexity index is 1130. The number of halogens is 3. The maximum atomic E-state index is 12.7. The number of para-hydroxylation sites is 2. The summed E-state index contributed by atoms with van der Waals surface area (Å²) in [6, 6.07) is 15.1. The number of nitrogens with one attached hydrogen (secondary N) is 1. The van der Waals surface area contributed by atoms with Crippen LogP contribution in [-0.4, -0.2) is 23.4 Å². The minimum atomic E-state index is -4.84. The van der Waals surface area contributed by atoms with E-state index in [9.17, 15) is 18.0 Å². The Labute approximate surface area is 195 Å². The zero-order valence-electron chi connectivity index (χ0n) is 19.1. The molecule has 2 aromatic carbocycles. The molecule has 1 amide bonds. The van der Waals surface area contributed by atoms with Crippen LogP contribution in [0.3, 0.4) is 0 Å². The molecule has 1 atom stereocenters. The molecule has 1 heterocycles. The Hall–Kier alpha value is -3.59. The summed E-state index contributed by atoms with van der Waals surface area (Å²) in [7, 11) is 0. The molecular formula is C25H25F3N2O4. The molecule has 0 saturated carbocycles. The first kappa shape index (κ1) is 25.0. The minimum Gasteiger partial charge on any atom is -0.453 e. The number of hydrogen-bond donors (Lipinski definition) is 1. The van der Waals surface area contributed by atoms with Crippen molar-refractivity contribution in [3.8, 4) is 17.2 Å². The van der Waals surface area contributed by atoms with Crippen molar-refractivity contribution in [2.75, 3.05) is 5.32 Å². The summed E-state index contributed by atoms with van der Waals surface area (Å²) in [5.41, 5.74) is 2.20. The van der Waals surface area contributed by atoms with Gasteiger partial charge in [0.25, 0.3) is 5.91 Å². The van der Waals surface area contributed by atoms with Gasteiger partial charge in [-0.15, -0.1) is 13.2 Å². The molecule has 180 valence electrons. The van der Waals surface area contributed by atoms with Crippen molar-refractivity contribution in [2.24, 2.45) is 0 Å².